The van der Waals surface area contributed by atoms with Crippen LogP contribution in [0.5, 0.6) is 0 Å². The van der Waals surface area contributed by atoms with Crippen LogP contribution < -0.4 is 5.32 Å². The highest BCUT2D eigenvalue weighted by Gasteiger charge is 2.37. The van der Waals surface area contributed by atoms with E-state index in [0.717, 1.165) is 6.07 Å². The van der Waals surface area contributed by atoms with E-state index < -0.39 is 35.0 Å². The van der Waals surface area contributed by atoms with Gasteiger partial charge in [-0.3, -0.25) is 14.4 Å². The lowest BCUT2D eigenvalue weighted by Gasteiger charge is -2.25. The van der Waals surface area contributed by atoms with E-state index >= 15 is 0 Å². The number of hydrogen-bond acceptors (Lipinski definition) is 3. The zero-order valence-electron chi connectivity index (χ0n) is 16.1. The van der Waals surface area contributed by atoms with Gasteiger partial charge in [0.1, 0.15) is 0 Å². The van der Waals surface area contributed by atoms with E-state index in [1.165, 1.54) is 4.90 Å². The Bertz CT molecular complexity index is 770. The monoisotopic (exact) mass is 399 g/mol. The van der Waals surface area contributed by atoms with E-state index in [1.807, 2.05) is 20.8 Å². The van der Waals surface area contributed by atoms with Crippen molar-refractivity contribution in [3.05, 3.63) is 29.6 Å². The summed E-state index contributed by atoms with van der Waals surface area (Å²) >= 11 is 0. The minimum Gasteiger partial charge on any atom is -0.339 e. The molecule has 0 aromatic heterocycles. The van der Waals surface area contributed by atoms with Crippen LogP contribution in [0.25, 0.3) is 0 Å². The lowest BCUT2D eigenvalue weighted by Crippen LogP contribution is -2.43. The molecular weight excluding hydrogens is 375 g/mol. The van der Waals surface area contributed by atoms with Crippen molar-refractivity contribution in [2.45, 2.75) is 39.7 Å². The summed E-state index contributed by atoms with van der Waals surface area (Å²) in [7, 11) is 0. The number of halogens is 3. The number of anilines is 1. The lowest BCUT2D eigenvalue weighted by molar-refractivity contribution is -0.138. The average molecular weight is 399 g/mol. The van der Waals surface area contributed by atoms with Crippen molar-refractivity contribution < 1.29 is 27.6 Å². The van der Waals surface area contributed by atoms with Crippen LogP contribution in [0.15, 0.2) is 12.1 Å². The summed E-state index contributed by atoms with van der Waals surface area (Å²) < 4.78 is 40.0. The van der Waals surface area contributed by atoms with Gasteiger partial charge in [0.05, 0.1) is 18.2 Å². The summed E-state index contributed by atoms with van der Waals surface area (Å²) in [5.41, 5.74) is -0.505. The topological polar surface area (TPSA) is 69.7 Å². The molecule has 1 aromatic rings. The highest BCUT2D eigenvalue weighted by molar-refractivity contribution is 5.96. The van der Waals surface area contributed by atoms with Gasteiger partial charge in [-0.15, -0.1) is 0 Å². The molecule has 1 atom stereocenters. The Morgan fingerprint density at radius 3 is 2.50 bits per heavy atom. The number of benzene rings is 1. The third-order valence-electron chi connectivity index (χ3n) is 4.58. The van der Waals surface area contributed by atoms with Gasteiger partial charge in [-0.25, -0.2) is 13.2 Å². The van der Waals surface area contributed by atoms with E-state index in [9.17, 15) is 27.6 Å². The second-order valence-corrected chi connectivity index (χ2v) is 7.07. The SMILES string of the molecule is CCCN(CC(=O)Nc1ccc(F)c(F)c1F)C(=O)[C@H]1CC(=O)N(C(C)C)C1. The molecule has 0 aliphatic carbocycles. The van der Waals surface area contributed by atoms with Gasteiger partial charge < -0.3 is 15.1 Å². The minimum atomic E-state index is -1.68. The van der Waals surface area contributed by atoms with Gasteiger partial charge in [0.2, 0.25) is 17.7 Å². The Morgan fingerprint density at radius 1 is 1.25 bits per heavy atom. The summed E-state index contributed by atoms with van der Waals surface area (Å²) in [6, 6.07) is 1.59. The summed E-state index contributed by atoms with van der Waals surface area (Å²) in [5.74, 6) is -6.28. The zero-order valence-corrected chi connectivity index (χ0v) is 16.1. The Labute approximate surface area is 161 Å². The van der Waals surface area contributed by atoms with Crippen molar-refractivity contribution in [1.82, 2.24) is 9.80 Å². The fourth-order valence-electron chi connectivity index (χ4n) is 3.18. The largest absolute Gasteiger partial charge is 0.339 e. The molecule has 28 heavy (non-hydrogen) atoms. The second-order valence-electron chi connectivity index (χ2n) is 7.07. The third-order valence-corrected chi connectivity index (χ3v) is 4.58. The molecule has 1 aliphatic heterocycles. The number of hydrogen-bond donors (Lipinski definition) is 1. The molecule has 6 nitrogen and oxygen atoms in total. The first-order valence-corrected chi connectivity index (χ1v) is 9.17. The van der Waals surface area contributed by atoms with Crippen molar-refractivity contribution in [3.8, 4) is 0 Å². The van der Waals surface area contributed by atoms with Crippen LogP contribution >= 0.6 is 0 Å². The van der Waals surface area contributed by atoms with Gasteiger partial charge >= 0.3 is 0 Å². The standard InChI is InChI=1S/C19H24F3N3O3/c1-4-7-24(19(28)12-8-16(27)25(9-12)11(2)3)10-15(26)23-14-6-5-13(20)17(21)18(14)22/h5-6,11-12H,4,7-10H2,1-3H3,(H,23,26)/t12-/m0/s1. The molecule has 1 aromatic carbocycles. The Balaban J connectivity index is 2.06. The predicted molar refractivity (Wildman–Crippen MR) is 96.8 cm³/mol. The average Bonchev–Trinajstić information content (AvgIpc) is 3.03. The number of rotatable bonds is 7. The predicted octanol–water partition coefficient (Wildman–Crippen LogP) is 2.54. The van der Waals surface area contributed by atoms with Gasteiger partial charge in [-0.2, -0.15) is 0 Å². The van der Waals surface area contributed by atoms with Crippen molar-refractivity contribution >= 4 is 23.4 Å². The van der Waals surface area contributed by atoms with Crippen molar-refractivity contribution in [2.24, 2.45) is 5.92 Å². The molecule has 1 fully saturated rings. The van der Waals surface area contributed by atoms with E-state index in [2.05, 4.69) is 5.32 Å². The molecular formula is C19H24F3N3O3. The highest BCUT2D eigenvalue weighted by Crippen LogP contribution is 2.23. The first-order valence-electron chi connectivity index (χ1n) is 9.17. The Morgan fingerprint density at radius 2 is 1.93 bits per heavy atom. The van der Waals surface area contributed by atoms with Crippen LogP contribution in [0.4, 0.5) is 18.9 Å². The van der Waals surface area contributed by atoms with Gasteiger partial charge in [0.15, 0.2) is 17.5 Å². The maximum absolute atomic E-state index is 13.7. The fourth-order valence-corrected chi connectivity index (χ4v) is 3.18. The van der Waals surface area contributed by atoms with E-state index in [4.69, 9.17) is 0 Å². The molecule has 0 radical (unpaired) electrons. The highest BCUT2D eigenvalue weighted by atomic mass is 19.2. The molecule has 1 aliphatic rings. The molecule has 9 heteroatoms. The fraction of sp³-hybridized carbons (Fsp3) is 0.526. The first-order chi connectivity index (χ1) is 13.1. The molecule has 1 saturated heterocycles. The maximum atomic E-state index is 13.7. The first kappa shape index (κ1) is 21.7. The number of nitrogens with one attached hydrogen (secondary N) is 1. The van der Waals surface area contributed by atoms with Crippen molar-refractivity contribution in [2.75, 3.05) is 25.0 Å². The minimum absolute atomic E-state index is 0.0235. The number of nitrogens with zero attached hydrogens (tertiary/aromatic N) is 2. The molecule has 2 rings (SSSR count). The van der Waals surface area contributed by atoms with E-state index in [0.29, 0.717) is 12.5 Å². The second kappa shape index (κ2) is 9.07. The van der Waals surface area contributed by atoms with Crippen LogP contribution in [0.3, 0.4) is 0 Å². The van der Waals surface area contributed by atoms with Gasteiger partial charge in [0.25, 0.3) is 0 Å². The summed E-state index contributed by atoms with van der Waals surface area (Å²) in [5, 5.41) is 2.16. The number of carbonyl (C=O) groups excluding carboxylic acids is 3. The van der Waals surface area contributed by atoms with Crippen LogP contribution in [-0.2, 0) is 14.4 Å². The molecule has 154 valence electrons. The smallest absolute Gasteiger partial charge is 0.244 e. The summed E-state index contributed by atoms with van der Waals surface area (Å²) in [4.78, 5) is 40.0. The quantitative estimate of drug-likeness (QED) is 0.717. The summed E-state index contributed by atoms with van der Waals surface area (Å²) in [6.07, 6.45) is 0.657. The number of likely N-dealkylation sites (tertiary alicyclic amines) is 1. The molecule has 0 spiro atoms. The van der Waals surface area contributed by atoms with E-state index in [1.54, 1.807) is 4.90 Å². The molecule has 3 amide bonds. The Kier molecular flexibility index (Phi) is 7.04. The zero-order chi connectivity index (χ0) is 21.0. The molecule has 1 heterocycles. The number of carbonyl (C=O) groups is 3. The summed E-state index contributed by atoms with van der Waals surface area (Å²) in [6.45, 7) is 5.73. The van der Waals surface area contributed by atoms with Gasteiger partial charge in [0, 0.05) is 25.6 Å². The lowest BCUT2D eigenvalue weighted by atomic mass is 10.1. The van der Waals surface area contributed by atoms with Crippen LogP contribution in [0.1, 0.15) is 33.6 Å². The van der Waals surface area contributed by atoms with Crippen molar-refractivity contribution in [3.63, 3.8) is 0 Å². The van der Waals surface area contributed by atoms with Crippen molar-refractivity contribution in [1.29, 1.82) is 0 Å². The maximum Gasteiger partial charge on any atom is 0.244 e. The van der Waals surface area contributed by atoms with E-state index in [-0.39, 0.29) is 43.9 Å². The molecule has 0 bridgehead atoms. The molecule has 1 N–H and O–H groups in total. The van der Waals surface area contributed by atoms with Crippen LogP contribution in [0, 0.1) is 23.4 Å². The molecule has 0 unspecified atom stereocenters. The van der Waals surface area contributed by atoms with Crippen LogP contribution in [0.2, 0.25) is 0 Å². The van der Waals surface area contributed by atoms with Crippen LogP contribution in [-0.4, -0.2) is 53.2 Å². The Hall–Kier alpha value is -2.58. The normalized spacial score (nSPS) is 16.6. The van der Waals surface area contributed by atoms with Gasteiger partial charge in [-0.05, 0) is 32.4 Å². The third kappa shape index (κ3) is 4.82. The van der Waals surface area contributed by atoms with Gasteiger partial charge in [-0.1, -0.05) is 6.92 Å². The molecule has 0 saturated carbocycles. The number of amides is 3.